The van der Waals surface area contributed by atoms with Gasteiger partial charge in [-0.05, 0) is 5.56 Å². The summed E-state index contributed by atoms with van der Waals surface area (Å²) in [4.78, 5) is 35.7. The maximum absolute atomic E-state index is 12.0. The highest BCUT2D eigenvalue weighted by atomic mass is 16.4. The molecule has 0 bridgehead atoms. The Bertz CT molecular complexity index is 515. The van der Waals surface area contributed by atoms with E-state index in [1.54, 1.807) is 0 Å². The predicted molar refractivity (Wildman–Crippen MR) is 66.3 cm³/mol. The van der Waals surface area contributed by atoms with Gasteiger partial charge in [0, 0.05) is 13.5 Å². The summed E-state index contributed by atoms with van der Waals surface area (Å²) in [5.41, 5.74) is 0.906. The van der Waals surface area contributed by atoms with Crippen molar-refractivity contribution in [1.82, 2.24) is 10.2 Å². The van der Waals surface area contributed by atoms with Gasteiger partial charge in [-0.25, -0.2) is 4.79 Å². The number of hydrogen-bond acceptors (Lipinski definition) is 3. The molecule has 2 N–H and O–H groups in total. The van der Waals surface area contributed by atoms with E-state index in [0.717, 1.165) is 10.5 Å². The lowest BCUT2D eigenvalue weighted by Crippen LogP contribution is -2.64. The second-order valence-corrected chi connectivity index (χ2v) is 4.44. The number of amides is 2. The van der Waals surface area contributed by atoms with Crippen molar-refractivity contribution in [1.29, 1.82) is 0 Å². The number of aliphatic carboxylic acids is 1. The molecule has 1 aromatic rings. The van der Waals surface area contributed by atoms with Crippen LogP contribution >= 0.6 is 0 Å². The quantitative estimate of drug-likeness (QED) is 0.728. The summed E-state index contributed by atoms with van der Waals surface area (Å²) in [6, 6.07) is 7.08. The van der Waals surface area contributed by atoms with Gasteiger partial charge in [-0.1, -0.05) is 30.3 Å². The van der Waals surface area contributed by atoms with Crippen molar-refractivity contribution < 1.29 is 19.5 Å². The van der Waals surface area contributed by atoms with Crippen LogP contribution in [0.5, 0.6) is 0 Å². The Labute approximate surface area is 110 Å². The standard InChI is InChI=1S/C13H14N2O4/c1-15-10(13(18)19)11(16)14-9(12(15)17)7-8-5-3-2-4-6-8/h2-6,9-10H,7H2,1H3,(H,14,16)(H,18,19). The molecule has 0 radical (unpaired) electrons. The minimum atomic E-state index is -1.44. The van der Waals surface area contributed by atoms with E-state index in [2.05, 4.69) is 5.32 Å². The molecule has 1 saturated heterocycles. The second-order valence-electron chi connectivity index (χ2n) is 4.44. The van der Waals surface area contributed by atoms with E-state index >= 15 is 0 Å². The second kappa shape index (κ2) is 5.09. The van der Waals surface area contributed by atoms with Crippen LogP contribution < -0.4 is 5.32 Å². The van der Waals surface area contributed by atoms with E-state index in [4.69, 9.17) is 5.11 Å². The summed E-state index contributed by atoms with van der Waals surface area (Å²) in [6.45, 7) is 0. The number of nitrogens with one attached hydrogen (secondary N) is 1. The van der Waals surface area contributed by atoms with E-state index in [1.165, 1.54) is 7.05 Å². The van der Waals surface area contributed by atoms with Crippen molar-refractivity contribution in [2.24, 2.45) is 0 Å². The molecular weight excluding hydrogens is 248 g/mol. The molecule has 0 aliphatic carbocycles. The Morgan fingerprint density at radius 1 is 1.32 bits per heavy atom. The molecule has 6 heteroatoms. The number of carbonyl (C=O) groups is 3. The summed E-state index contributed by atoms with van der Waals surface area (Å²) in [5, 5.41) is 11.4. The Kier molecular flexibility index (Phi) is 3.50. The van der Waals surface area contributed by atoms with E-state index in [9.17, 15) is 14.4 Å². The van der Waals surface area contributed by atoms with Gasteiger partial charge in [-0.15, -0.1) is 0 Å². The fourth-order valence-electron chi connectivity index (χ4n) is 2.13. The van der Waals surface area contributed by atoms with Crippen molar-refractivity contribution in [3.63, 3.8) is 0 Å². The highest BCUT2D eigenvalue weighted by molar-refractivity contribution is 6.08. The maximum Gasteiger partial charge on any atom is 0.336 e. The van der Waals surface area contributed by atoms with Crippen LogP contribution in [0.3, 0.4) is 0 Å². The Morgan fingerprint density at radius 3 is 2.53 bits per heavy atom. The molecular formula is C13H14N2O4. The molecule has 1 aliphatic heterocycles. The molecule has 1 aromatic carbocycles. The summed E-state index contributed by atoms with van der Waals surface area (Å²) >= 11 is 0. The fraction of sp³-hybridized carbons (Fsp3) is 0.308. The first kappa shape index (κ1) is 13.1. The third kappa shape index (κ3) is 2.57. The number of benzene rings is 1. The van der Waals surface area contributed by atoms with Crippen molar-refractivity contribution in [3.8, 4) is 0 Å². The number of carboxylic acid groups (broad SMARTS) is 1. The lowest BCUT2D eigenvalue weighted by atomic mass is 10.0. The highest BCUT2D eigenvalue weighted by Gasteiger charge is 2.42. The molecule has 0 spiro atoms. The van der Waals surface area contributed by atoms with Gasteiger partial charge in [0.2, 0.25) is 11.9 Å². The zero-order valence-corrected chi connectivity index (χ0v) is 10.4. The molecule has 100 valence electrons. The predicted octanol–water partition coefficient (Wildman–Crippen LogP) is -0.361. The van der Waals surface area contributed by atoms with Crippen LogP contribution in [0, 0.1) is 0 Å². The average molecular weight is 262 g/mol. The molecule has 1 fully saturated rings. The monoisotopic (exact) mass is 262 g/mol. The molecule has 0 aromatic heterocycles. The van der Waals surface area contributed by atoms with Crippen molar-refractivity contribution in [2.75, 3.05) is 7.05 Å². The molecule has 0 saturated carbocycles. The summed E-state index contributed by atoms with van der Waals surface area (Å²) in [7, 11) is 1.33. The number of carbonyl (C=O) groups excluding carboxylic acids is 2. The van der Waals surface area contributed by atoms with Gasteiger partial charge in [0.25, 0.3) is 5.91 Å². The minimum absolute atomic E-state index is 0.349. The molecule has 2 amide bonds. The minimum Gasteiger partial charge on any atom is -0.479 e. The first-order valence-corrected chi connectivity index (χ1v) is 5.84. The smallest absolute Gasteiger partial charge is 0.336 e. The number of nitrogens with zero attached hydrogens (tertiary/aromatic N) is 1. The normalized spacial score (nSPS) is 23.1. The van der Waals surface area contributed by atoms with Gasteiger partial charge in [-0.3, -0.25) is 9.59 Å². The molecule has 1 aliphatic rings. The first-order valence-electron chi connectivity index (χ1n) is 5.84. The Hall–Kier alpha value is -2.37. The molecule has 6 nitrogen and oxygen atoms in total. The molecule has 19 heavy (non-hydrogen) atoms. The van der Waals surface area contributed by atoms with Crippen LogP contribution in [0.25, 0.3) is 0 Å². The number of rotatable bonds is 3. The number of carboxylic acids is 1. The van der Waals surface area contributed by atoms with E-state index in [-0.39, 0.29) is 0 Å². The topological polar surface area (TPSA) is 86.7 Å². The summed E-state index contributed by atoms with van der Waals surface area (Å²) < 4.78 is 0. The zero-order valence-electron chi connectivity index (χ0n) is 10.4. The van der Waals surface area contributed by atoms with Crippen LogP contribution in [-0.4, -0.2) is 46.9 Å². The number of piperazine rings is 1. The van der Waals surface area contributed by atoms with Crippen LogP contribution in [0.2, 0.25) is 0 Å². The summed E-state index contributed by atoms with van der Waals surface area (Å²) in [6.07, 6.45) is 0.349. The average Bonchev–Trinajstić information content (AvgIpc) is 2.36. The van der Waals surface area contributed by atoms with E-state index in [0.29, 0.717) is 6.42 Å². The Balaban J connectivity index is 2.15. The van der Waals surface area contributed by atoms with Crippen molar-refractivity contribution in [2.45, 2.75) is 18.5 Å². The lowest BCUT2D eigenvalue weighted by molar-refractivity contribution is -0.159. The van der Waals surface area contributed by atoms with Crippen molar-refractivity contribution in [3.05, 3.63) is 35.9 Å². The SMILES string of the molecule is CN1C(=O)C(Cc2ccccc2)NC(=O)C1C(=O)O. The van der Waals surface area contributed by atoms with Gasteiger partial charge >= 0.3 is 5.97 Å². The van der Waals surface area contributed by atoms with Gasteiger partial charge in [0.1, 0.15) is 6.04 Å². The third-order valence-electron chi connectivity index (χ3n) is 3.11. The summed E-state index contributed by atoms with van der Waals surface area (Å²) in [5.74, 6) is -2.38. The first-order chi connectivity index (χ1) is 9.00. The molecule has 2 unspecified atom stereocenters. The largest absolute Gasteiger partial charge is 0.479 e. The highest BCUT2D eigenvalue weighted by Crippen LogP contribution is 2.12. The van der Waals surface area contributed by atoms with E-state index < -0.39 is 29.9 Å². The van der Waals surface area contributed by atoms with Crippen LogP contribution in [-0.2, 0) is 20.8 Å². The van der Waals surface area contributed by atoms with Gasteiger partial charge in [0.05, 0.1) is 0 Å². The molecule has 2 atom stereocenters. The van der Waals surface area contributed by atoms with E-state index in [1.807, 2.05) is 30.3 Å². The van der Waals surface area contributed by atoms with Crippen LogP contribution in [0.15, 0.2) is 30.3 Å². The van der Waals surface area contributed by atoms with Gasteiger partial charge < -0.3 is 15.3 Å². The van der Waals surface area contributed by atoms with Crippen LogP contribution in [0.4, 0.5) is 0 Å². The molecule has 2 rings (SSSR count). The molecule has 1 heterocycles. The fourth-order valence-corrected chi connectivity index (χ4v) is 2.13. The third-order valence-corrected chi connectivity index (χ3v) is 3.11. The maximum atomic E-state index is 12.0. The Morgan fingerprint density at radius 2 is 1.95 bits per heavy atom. The van der Waals surface area contributed by atoms with Crippen molar-refractivity contribution >= 4 is 17.8 Å². The van der Waals surface area contributed by atoms with Gasteiger partial charge in [-0.2, -0.15) is 0 Å². The number of hydrogen-bond donors (Lipinski definition) is 2. The van der Waals surface area contributed by atoms with Crippen LogP contribution in [0.1, 0.15) is 5.56 Å². The van der Waals surface area contributed by atoms with Gasteiger partial charge in [0.15, 0.2) is 0 Å². The lowest BCUT2D eigenvalue weighted by Gasteiger charge is -2.34. The number of likely N-dealkylation sites (N-methyl/N-ethyl adjacent to an activating group) is 1. The zero-order chi connectivity index (χ0) is 14.0.